The van der Waals surface area contributed by atoms with Crippen molar-refractivity contribution in [1.82, 2.24) is 10.3 Å². The molecule has 3 aromatic carbocycles. The maximum atomic E-state index is 12.6. The third kappa shape index (κ3) is 6.05. The molecule has 0 spiro atoms. The average molecular weight is 488 g/mol. The highest BCUT2D eigenvalue weighted by molar-refractivity contribution is 7.80. The molecule has 0 saturated heterocycles. The van der Waals surface area contributed by atoms with Gasteiger partial charge in [0.25, 0.3) is 5.91 Å². The predicted molar refractivity (Wildman–Crippen MR) is 144 cm³/mol. The second kappa shape index (κ2) is 10.7. The van der Waals surface area contributed by atoms with Crippen molar-refractivity contribution in [1.29, 1.82) is 0 Å². The normalized spacial score (nSPS) is 11.9. The monoisotopic (exact) mass is 487 g/mol. The SMILES string of the molecule is CCC(C)c1ccc2oc(-c3cccc(NC(=S)NC(=O)c4cccc(OC(C)C)c4)c3)nc2c1. The smallest absolute Gasteiger partial charge is 0.257 e. The molecule has 0 radical (unpaired) electrons. The Bertz CT molecular complexity index is 1360. The van der Waals surface area contributed by atoms with Crippen molar-refractivity contribution in [2.75, 3.05) is 5.32 Å². The zero-order valence-corrected chi connectivity index (χ0v) is 21.1. The fraction of sp³-hybridized carbons (Fsp3) is 0.250. The van der Waals surface area contributed by atoms with Crippen LogP contribution in [0.25, 0.3) is 22.6 Å². The Morgan fingerprint density at radius 1 is 1.06 bits per heavy atom. The largest absolute Gasteiger partial charge is 0.491 e. The standard InChI is InChI=1S/C28H29N3O3S/c1-5-18(4)19-12-13-25-24(16-19)30-27(34-25)21-9-6-10-22(14-21)29-28(35)31-26(32)20-8-7-11-23(15-20)33-17(2)3/h6-18H,5H2,1-4H3,(H2,29,31,32,35). The highest BCUT2D eigenvalue weighted by Crippen LogP contribution is 2.29. The summed E-state index contributed by atoms with van der Waals surface area (Å²) in [4.78, 5) is 17.3. The van der Waals surface area contributed by atoms with Crippen LogP contribution >= 0.6 is 12.2 Å². The quantitative estimate of drug-likeness (QED) is 0.276. The second-order valence-electron chi connectivity index (χ2n) is 8.74. The van der Waals surface area contributed by atoms with E-state index in [1.54, 1.807) is 18.2 Å². The highest BCUT2D eigenvalue weighted by Gasteiger charge is 2.13. The fourth-order valence-corrected chi connectivity index (χ4v) is 3.87. The second-order valence-corrected chi connectivity index (χ2v) is 9.15. The summed E-state index contributed by atoms with van der Waals surface area (Å²) in [6, 6.07) is 20.7. The van der Waals surface area contributed by atoms with Crippen LogP contribution in [-0.4, -0.2) is 22.1 Å². The first-order valence-electron chi connectivity index (χ1n) is 11.7. The van der Waals surface area contributed by atoms with Gasteiger partial charge >= 0.3 is 0 Å². The number of ether oxygens (including phenoxy) is 1. The van der Waals surface area contributed by atoms with Gasteiger partial charge in [-0.05, 0) is 92.5 Å². The summed E-state index contributed by atoms with van der Waals surface area (Å²) in [5.74, 6) is 1.31. The molecule has 0 bridgehead atoms. The number of fused-ring (bicyclic) bond motifs is 1. The van der Waals surface area contributed by atoms with Gasteiger partial charge in [0, 0.05) is 16.8 Å². The third-order valence-corrected chi connectivity index (χ3v) is 5.86. The van der Waals surface area contributed by atoms with Gasteiger partial charge in [0.2, 0.25) is 5.89 Å². The van der Waals surface area contributed by atoms with E-state index in [4.69, 9.17) is 21.4 Å². The van der Waals surface area contributed by atoms with Crippen LogP contribution in [0.1, 0.15) is 56.0 Å². The van der Waals surface area contributed by atoms with Crippen molar-refractivity contribution >= 4 is 40.0 Å². The number of hydrogen-bond donors (Lipinski definition) is 2. The lowest BCUT2D eigenvalue weighted by Crippen LogP contribution is -2.34. The Morgan fingerprint density at radius 2 is 1.86 bits per heavy atom. The number of anilines is 1. The van der Waals surface area contributed by atoms with E-state index in [0.717, 1.165) is 23.1 Å². The maximum absolute atomic E-state index is 12.6. The maximum Gasteiger partial charge on any atom is 0.257 e. The van der Waals surface area contributed by atoms with Gasteiger partial charge in [0.05, 0.1) is 6.10 Å². The minimum atomic E-state index is -0.316. The van der Waals surface area contributed by atoms with Gasteiger partial charge < -0.3 is 14.5 Å². The lowest BCUT2D eigenvalue weighted by Gasteiger charge is -2.12. The Balaban J connectivity index is 1.45. The van der Waals surface area contributed by atoms with Crippen LogP contribution in [0.5, 0.6) is 5.75 Å². The van der Waals surface area contributed by atoms with Gasteiger partial charge in [0.15, 0.2) is 10.7 Å². The van der Waals surface area contributed by atoms with Crippen molar-refractivity contribution in [2.24, 2.45) is 0 Å². The first-order chi connectivity index (χ1) is 16.8. The van der Waals surface area contributed by atoms with Crippen LogP contribution in [0.2, 0.25) is 0 Å². The summed E-state index contributed by atoms with van der Waals surface area (Å²) in [5, 5.41) is 5.97. The first-order valence-corrected chi connectivity index (χ1v) is 12.1. The van der Waals surface area contributed by atoms with E-state index >= 15 is 0 Å². The molecule has 0 aliphatic heterocycles. The average Bonchev–Trinajstić information content (AvgIpc) is 3.27. The van der Waals surface area contributed by atoms with Gasteiger partial charge in [-0.15, -0.1) is 0 Å². The van der Waals surface area contributed by atoms with E-state index < -0.39 is 0 Å². The molecule has 1 unspecified atom stereocenters. The van der Waals surface area contributed by atoms with Crippen LogP contribution < -0.4 is 15.4 Å². The first kappa shape index (κ1) is 24.4. The van der Waals surface area contributed by atoms with Crippen LogP contribution in [0.15, 0.2) is 71.1 Å². The van der Waals surface area contributed by atoms with Crippen LogP contribution in [0, 0.1) is 0 Å². The summed E-state index contributed by atoms with van der Waals surface area (Å²) >= 11 is 5.36. The number of carbonyl (C=O) groups is 1. The van der Waals surface area contributed by atoms with Gasteiger partial charge in [0.1, 0.15) is 11.3 Å². The fourth-order valence-electron chi connectivity index (χ4n) is 3.66. The molecule has 35 heavy (non-hydrogen) atoms. The molecule has 1 atom stereocenters. The molecule has 4 aromatic rings. The van der Waals surface area contributed by atoms with Crippen molar-refractivity contribution in [3.05, 3.63) is 77.9 Å². The molecule has 0 fully saturated rings. The Morgan fingerprint density at radius 3 is 2.63 bits per heavy atom. The Kier molecular flexibility index (Phi) is 7.46. The number of nitrogens with zero attached hydrogens (tertiary/aromatic N) is 1. The van der Waals surface area contributed by atoms with Gasteiger partial charge in [-0.3, -0.25) is 10.1 Å². The van der Waals surface area contributed by atoms with Gasteiger partial charge in [-0.25, -0.2) is 4.98 Å². The van der Waals surface area contributed by atoms with Crippen molar-refractivity contribution in [2.45, 2.75) is 46.1 Å². The zero-order chi connectivity index (χ0) is 24.9. The minimum absolute atomic E-state index is 0.0199. The molecule has 1 aromatic heterocycles. The molecule has 1 heterocycles. The third-order valence-electron chi connectivity index (χ3n) is 5.66. The Hall–Kier alpha value is -3.71. The van der Waals surface area contributed by atoms with Gasteiger partial charge in [-0.1, -0.05) is 32.0 Å². The summed E-state index contributed by atoms with van der Waals surface area (Å²) in [7, 11) is 0. The van der Waals surface area contributed by atoms with Crippen LogP contribution in [0.4, 0.5) is 5.69 Å². The van der Waals surface area contributed by atoms with Gasteiger partial charge in [-0.2, -0.15) is 0 Å². The molecule has 0 aliphatic carbocycles. The number of benzene rings is 3. The highest BCUT2D eigenvalue weighted by atomic mass is 32.1. The molecular formula is C28H29N3O3S. The predicted octanol–water partition coefficient (Wildman–Crippen LogP) is 6.92. The van der Waals surface area contributed by atoms with E-state index in [1.165, 1.54) is 5.56 Å². The molecule has 0 aliphatic rings. The van der Waals surface area contributed by atoms with Crippen molar-refractivity contribution in [3.63, 3.8) is 0 Å². The molecule has 180 valence electrons. The number of nitrogens with one attached hydrogen (secondary N) is 2. The van der Waals surface area contributed by atoms with E-state index in [-0.39, 0.29) is 17.1 Å². The topological polar surface area (TPSA) is 76.4 Å². The van der Waals surface area contributed by atoms with E-state index in [2.05, 4.69) is 41.6 Å². The number of oxazole rings is 1. The number of thiocarbonyl (C=S) groups is 1. The molecule has 1 amide bonds. The number of aromatic nitrogens is 1. The molecule has 4 rings (SSSR count). The molecule has 0 saturated carbocycles. The summed E-state index contributed by atoms with van der Waals surface area (Å²) in [5.41, 5.74) is 4.82. The summed E-state index contributed by atoms with van der Waals surface area (Å²) in [6.45, 7) is 8.25. The zero-order valence-electron chi connectivity index (χ0n) is 20.3. The lowest BCUT2D eigenvalue weighted by molar-refractivity contribution is 0.0977. The van der Waals surface area contributed by atoms with Crippen molar-refractivity contribution in [3.8, 4) is 17.2 Å². The molecular weight excluding hydrogens is 458 g/mol. The number of amides is 1. The number of hydrogen-bond acceptors (Lipinski definition) is 5. The minimum Gasteiger partial charge on any atom is -0.491 e. The molecule has 6 nitrogen and oxygen atoms in total. The summed E-state index contributed by atoms with van der Waals surface area (Å²) in [6.07, 6.45) is 1.09. The Labute approximate surface area is 210 Å². The van der Waals surface area contributed by atoms with Crippen LogP contribution in [-0.2, 0) is 0 Å². The van der Waals surface area contributed by atoms with Crippen molar-refractivity contribution < 1.29 is 13.9 Å². The molecule has 2 N–H and O–H groups in total. The number of carbonyl (C=O) groups excluding carboxylic acids is 1. The van der Waals surface area contributed by atoms with E-state index in [1.807, 2.05) is 50.2 Å². The summed E-state index contributed by atoms with van der Waals surface area (Å²) < 4.78 is 11.7. The lowest BCUT2D eigenvalue weighted by atomic mass is 9.98. The molecule has 7 heteroatoms. The van der Waals surface area contributed by atoms with E-state index in [0.29, 0.717) is 28.8 Å². The van der Waals surface area contributed by atoms with Crippen LogP contribution in [0.3, 0.4) is 0 Å². The van der Waals surface area contributed by atoms with E-state index in [9.17, 15) is 4.79 Å². The number of rotatable bonds is 7.